The van der Waals surface area contributed by atoms with Gasteiger partial charge in [0.25, 0.3) is 0 Å². The lowest BCUT2D eigenvalue weighted by atomic mass is 9.82. The van der Waals surface area contributed by atoms with Gasteiger partial charge in [-0.1, -0.05) is 6.07 Å². The van der Waals surface area contributed by atoms with E-state index in [1.807, 2.05) is 0 Å². The molecule has 0 spiro atoms. The lowest BCUT2D eigenvalue weighted by Gasteiger charge is -1.98. The van der Waals surface area contributed by atoms with Gasteiger partial charge in [-0.25, -0.2) is 4.98 Å². The van der Waals surface area contributed by atoms with E-state index in [2.05, 4.69) is 9.97 Å². The van der Waals surface area contributed by atoms with Crippen LogP contribution in [-0.4, -0.2) is 27.1 Å². The largest absolute Gasteiger partial charge is 0.490 e. The molecule has 0 atom stereocenters. The molecule has 70 valence electrons. The predicted molar refractivity (Wildman–Crippen MR) is 49.6 cm³/mol. The van der Waals surface area contributed by atoms with Crippen molar-refractivity contribution in [1.82, 2.24) is 9.97 Å². The van der Waals surface area contributed by atoms with Crippen molar-refractivity contribution in [2.24, 2.45) is 0 Å². The fourth-order valence-corrected chi connectivity index (χ4v) is 1.05. The fraction of sp³-hybridized carbons (Fsp3) is 0. The van der Waals surface area contributed by atoms with Crippen LogP contribution in [0.15, 0.2) is 35.3 Å². The van der Waals surface area contributed by atoms with E-state index in [0.717, 1.165) is 0 Å². The Labute approximate surface area is 80.2 Å². The normalized spacial score (nSPS) is 10.1. The van der Waals surface area contributed by atoms with Crippen molar-refractivity contribution in [3.8, 4) is 11.5 Å². The molecule has 0 amide bonds. The fourth-order valence-electron chi connectivity index (χ4n) is 1.05. The monoisotopic (exact) mass is 190 g/mol. The summed E-state index contributed by atoms with van der Waals surface area (Å²) in [5, 5.41) is 17.6. The van der Waals surface area contributed by atoms with Gasteiger partial charge >= 0.3 is 7.12 Å². The van der Waals surface area contributed by atoms with Gasteiger partial charge < -0.3 is 14.5 Å². The zero-order valence-electron chi connectivity index (χ0n) is 7.16. The predicted octanol–water partition coefficient (Wildman–Crippen LogP) is -0.584. The molecule has 2 heterocycles. The third-order valence-electron chi connectivity index (χ3n) is 1.77. The van der Waals surface area contributed by atoms with E-state index in [9.17, 15) is 0 Å². The van der Waals surface area contributed by atoms with Crippen LogP contribution in [0.4, 0.5) is 0 Å². The molecule has 0 radical (unpaired) electrons. The van der Waals surface area contributed by atoms with E-state index in [1.165, 1.54) is 18.8 Å². The second-order valence-electron chi connectivity index (χ2n) is 2.72. The summed E-state index contributed by atoms with van der Waals surface area (Å²) >= 11 is 0. The second-order valence-corrected chi connectivity index (χ2v) is 2.72. The molecular weight excluding hydrogens is 183 g/mol. The molecule has 0 saturated heterocycles. The van der Waals surface area contributed by atoms with Gasteiger partial charge in [-0.3, -0.25) is 4.98 Å². The van der Waals surface area contributed by atoms with Crippen LogP contribution in [0, 0.1) is 0 Å². The van der Waals surface area contributed by atoms with Crippen LogP contribution >= 0.6 is 0 Å². The molecule has 6 heteroatoms. The van der Waals surface area contributed by atoms with Crippen LogP contribution < -0.4 is 5.46 Å². The Kier molecular flexibility index (Phi) is 2.30. The first-order valence-electron chi connectivity index (χ1n) is 3.98. The van der Waals surface area contributed by atoms with E-state index in [-0.39, 0.29) is 0 Å². The first-order valence-corrected chi connectivity index (χ1v) is 3.98. The Morgan fingerprint density at radius 1 is 1.21 bits per heavy atom. The molecule has 2 aromatic rings. The van der Waals surface area contributed by atoms with Crippen LogP contribution in [0.5, 0.6) is 0 Å². The molecule has 0 aromatic carbocycles. The van der Waals surface area contributed by atoms with Gasteiger partial charge in [-0.05, 0) is 6.07 Å². The summed E-state index contributed by atoms with van der Waals surface area (Å²) in [6.45, 7) is 0. The lowest BCUT2D eigenvalue weighted by Crippen LogP contribution is -2.29. The number of oxazole rings is 1. The van der Waals surface area contributed by atoms with Crippen molar-refractivity contribution in [1.29, 1.82) is 0 Å². The number of pyridine rings is 1. The minimum absolute atomic E-state index is 0.341. The zero-order chi connectivity index (χ0) is 9.97. The topological polar surface area (TPSA) is 79.4 Å². The van der Waals surface area contributed by atoms with E-state index in [4.69, 9.17) is 14.5 Å². The van der Waals surface area contributed by atoms with Gasteiger partial charge in [0.2, 0.25) is 0 Å². The molecule has 0 aliphatic rings. The number of hydrogen-bond acceptors (Lipinski definition) is 5. The van der Waals surface area contributed by atoms with E-state index < -0.39 is 7.12 Å². The first-order chi connectivity index (χ1) is 6.77. The SMILES string of the molecule is OB(O)c1ccc(-c2cnco2)nc1. The highest BCUT2D eigenvalue weighted by molar-refractivity contribution is 6.58. The summed E-state index contributed by atoms with van der Waals surface area (Å²) in [4.78, 5) is 7.74. The quantitative estimate of drug-likeness (QED) is 0.619. The molecule has 5 nitrogen and oxygen atoms in total. The molecular formula is C8H7BN2O3. The Bertz CT molecular complexity index is 399. The molecule has 2 rings (SSSR count). The standard InChI is InChI=1S/C8H7BN2O3/c12-9(13)6-1-2-7(11-3-6)8-4-10-5-14-8/h1-5,12-13H. The van der Waals surface area contributed by atoms with Crippen LogP contribution in [0.3, 0.4) is 0 Å². The third kappa shape index (κ3) is 1.66. The van der Waals surface area contributed by atoms with Crippen molar-refractivity contribution in [3.63, 3.8) is 0 Å². The number of hydrogen-bond donors (Lipinski definition) is 2. The average Bonchev–Trinajstić information content (AvgIpc) is 2.71. The van der Waals surface area contributed by atoms with Crippen molar-refractivity contribution in [3.05, 3.63) is 30.9 Å². The maximum absolute atomic E-state index is 8.82. The molecule has 14 heavy (non-hydrogen) atoms. The molecule has 2 aromatic heterocycles. The highest BCUT2D eigenvalue weighted by Gasteiger charge is 2.11. The van der Waals surface area contributed by atoms with Gasteiger partial charge in [-0.15, -0.1) is 0 Å². The third-order valence-corrected chi connectivity index (χ3v) is 1.77. The van der Waals surface area contributed by atoms with E-state index in [0.29, 0.717) is 16.9 Å². The summed E-state index contributed by atoms with van der Waals surface area (Å²) < 4.78 is 5.02. The molecule has 0 saturated carbocycles. The molecule has 0 unspecified atom stereocenters. The Hall–Kier alpha value is -1.66. The summed E-state index contributed by atoms with van der Waals surface area (Å²) in [7, 11) is -1.49. The summed E-state index contributed by atoms with van der Waals surface area (Å²) in [5.74, 6) is 0.545. The summed E-state index contributed by atoms with van der Waals surface area (Å²) in [6.07, 6.45) is 4.23. The van der Waals surface area contributed by atoms with Crippen LogP contribution in [0.1, 0.15) is 0 Å². The highest BCUT2D eigenvalue weighted by Crippen LogP contribution is 2.13. The van der Waals surface area contributed by atoms with Gasteiger partial charge in [0.1, 0.15) is 5.69 Å². The van der Waals surface area contributed by atoms with Crippen LogP contribution in [-0.2, 0) is 0 Å². The van der Waals surface area contributed by atoms with E-state index >= 15 is 0 Å². The Balaban J connectivity index is 2.31. The van der Waals surface area contributed by atoms with Crippen molar-refractivity contribution in [2.45, 2.75) is 0 Å². The number of nitrogens with zero attached hydrogens (tertiary/aromatic N) is 2. The number of aromatic nitrogens is 2. The second kappa shape index (κ2) is 3.61. The first kappa shape index (κ1) is 8.92. The van der Waals surface area contributed by atoms with Crippen LogP contribution in [0.2, 0.25) is 0 Å². The maximum Gasteiger partial charge on any atom is 0.490 e. The van der Waals surface area contributed by atoms with Crippen LogP contribution in [0.25, 0.3) is 11.5 Å². The van der Waals surface area contributed by atoms with Gasteiger partial charge in [0, 0.05) is 11.7 Å². The minimum atomic E-state index is -1.49. The average molecular weight is 190 g/mol. The summed E-state index contributed by atoms with van der Waals surface area (Å²) in [5.41, 5.74) is 0.945. The van der Waals surface area contributed by atoms with Crippen molar-refractivity contribution in [2.75, 3.05) is 0 Å². The van der Waals surface area contributed by atoms with Crippen molar-refractivity contribution < 1.29 is 14.5 Å². The zero-order valence-corrected chi connectivity index (χ0v) is 7.16. The van der Waals surface area contributed by atoms with Gasteiger partial charge in [0.15, 0.2) is 12.2 Å². The Morgan fingerprint density at radius 3 is 2.57 bits per heavy atom. The number of rotatable bonds is 2. The van der Waals surface area contributed by atoms with Gasteiger partial charge in [-0.2, -0.15) is 0 Å². The smallest absolute Gasteiger partial charge is 0.442 e. The lowest BCUT2D eigenvalue weighted by molar-refractivity contribution is 0.425. The molecule has 0 fully saturated rings. The van der Waals surface area contributed by atoms with Crippen molar-refractivity contribution >= 4 is 12.6 Å². The molecule has 2 N–H and O–H groups in total. The molecule has 0 aliphatic heterocycles. The molecule has 0 bridgehead atoms. The van der Waals surface area contributed by atoms with E-state index in [1.54, 1.807) is 12.1 Å². The molecule has 0 aliphatic carbocycles. The highest BCUT2D eigenvalue weighted by atomic mass is 16.4. The summed E-state index contributed by atoms with van der Waals surface area (Å²) in [6, 6.07) is 3.20. The van der Waals surface area contributed by atoms with Gasteiger partial charge in [0.05, 0.1) is 6.20 Å². The Morgan fingerprint density at radius 2 is 2.07 bits per heavy atom. The maximum atomic E-state index is 8.82. The minimum Gasteiger partial charge on any atom is -0.442 e.